The summed E-state index contributed by atoms with van der Waals surface area (Å²) in [6.45, 7) is 4.83. The molecule has 6 heteroatoms. The molecule has 0 rings (SSSR count). The van der Waals surface area contributed by atoms with Crippen LogP contribution < -0.4 is 4.90 Å². The van der Waals surface area contributed by atoms with Gasteiger partial charge < -0.3 is 9.45 Å². The summed E-state index contributed by atoms with van der Waals surface area (Å²) in [4.78, 5) is 1.54. The lowest BCUT2D eigenvalue weighted by Gasteiger charge is -2.02. The predicted octanol–water partition coefficient (Wildman–Crippen LogP) is -0.976. The van der Waals surface area contributed by atoms with E-state index in [1.807, 2.05) is 0 Å². The second kappa shape index (κ2) is 8.43. The molecule has 0 heterocycles. The molecule has 0 aromatic rings. The highest BCUT2D eigenvalue weighted by Gasteiger charge is 1.85. The van der Waals surface area contributed by atoms with Crippen LogP contribution in [-0.4, -0.2) is 40.2 Å². The molecule has 0 saturated carbocycles. The maximum Gasteiger partial charge on any atom is 0.217 e. The molecule has 0 aromatic carbocycles. The van der Waals surface area contributed by atoms with Crippen molar-refractivity contribution in [3.05, 3.63) is 0 Å². The number of hydrogen-bond acceptors (Lipinski definition) is 4. The summed E-state index contributed by atoms with van der Waals surface area (Å²) >= 11 is 0. The van der Waals surface area contributed by atoms with Crippen LogP contribution in [0.3, 0.4) is 0 Å². The van der Waals surface area contributed by atoms with Crippen LogP contribution in [0.25, 0.3) is 0 Å². The monoisotopic (exact) mass is 213 g/mol. The minimum Gasteiger partial charge on any atom is -0.726 e. The first kappa shape index (κ1) is 15.3. The van der Waals surface area contributed by atoms with Crippen LogP contribution in [0.2, 0.25) is 0 Å². The Morgan fingerprint density at radius 1 is 1.31 bits per heavy atom. The molecule has 0 saturated heterocycles. The van der Waals surface area contributed by atoms with Crippen LogP contribution >= 0.6 is 0 Å². The lowest BCUT2D eigenvalue weighted by Crippen LogP contribution is -3.05. The number of rotatable bonds is 4. The number of hydrogen-bond donors (Lipinski definition) is 1. The average molecular weight is 213 g/mol. The van der Waals surface area contributed by atoms with Crippen molar-refractivity contribution >= 4 is 10.4 Å². The van der Waals surface area contributed by atoms with Gasteiger partial charge in [-0.1, -0.05) is 6.92 Å². The Balaban J connectivity index is 0. The van der Waals surface area contributed by atoms with Gasteiger partial charge in [0.1, 0.15) is 0 Å². The standard InChI is InChI=1S/C5H13N.C2H6O4S/c1-4-5-6(2)3;1-2-6-7(3,4)5/h4-5H2,1-3H3;2H2,1H3,(H,3,4,5). The van der Waals surface area contributed by atoms with Gasteiger partial charge >= 0.3 is 0 Å². The quantitative estimate of drug-likeness (QED) is 0.481. The highest BCUT2D eigenvalue weighted by Crippen LogP contribution is 1.80. The van der Waals surface area contributed by atoms with E-state index in [1.165, 1.54) is 24.8 Å². The van der Waals surface area contributed by atoms with Crippen molar-refractivity contribution in [2.45, 2.75) is 20.3 Å². The van der Waals surface area contributed by atoms with Gasteiger partial charge in [0.05, 0.1) is 27.2 Å². The van der Waals surface area contributed by atoms with Crippen molar-refractivity contribution < 1.29 is 22.1 Å². The van der Waals surface area contributed by atoms with Crippen molar-refractivity contribution in [3.63, 3.8) is 0 Å². The van der Waals surface area contributed by atoms with E-state index in [4.69, 9.17) is 0 Å². The molecule has 0 aliphatic carbocycles. The highest BCUT2D eigenvalue weighted by molar-refractivity contribution is 7.80. The first-order chi connectivity index (χ1) is 5.83. The van der Waals surface area contributed by atoms with Gasteiger partial charge in [-0.2, -0.15) is 0 Å². The number of nitrogens with one attached hydrogen (secondary N) is 1. The third-order valence-electron chi connectivity index (χ3n) is 1.01. The molecule has 0 spiro atoms. The molecule has 0 aliphatic heterocycles. The minimum absolute atomic E-state index is 0.0914. The third-order valence-corrected chi connectivity index (χ3v) is 1.54. The highest BCUT2D eigenvalue weighted by atomic mass is 32.3. The van der Waals surface area contributed by atoms with Crippen LogP contribution in [0.5, 0.6) is 0 Å². The Morgan fingerprint density at radius 3 is 1.77 bits per heavy atom. The molecular formula is C7H19NO4S. The summed E-state index contributed by atoms with van der Waals surface area (Å²) in [6.07, 6.45) is 1.29. The second-order valence-corrected chi connectivity index (χ2v) is 3.82. The Bertz CT molecular complexity index is 189. The Labute approximate surface area is 80.6 Å². The predicted molar refractivity (Wildman–Crippen MR) is 49.3 cm³/mol. The van der Waals surface area contributed by atoms with E-state index in [1.54, 1.807) is 0 Å². The van der Waals surface area contributed by atoms with Gasteiger partial charge in [-0.3, -0.25) is 4.18 Å². The van der Waals surface area contributed by atoms with Gasteiger partial charge in [0, 0.05) is 0 Å². The summed E-state index contributed by atoms with van der Waals surface area (Å²) in [7, 11) is -0.0839. The van der Waals surface area contributed by atoms with Crippen LogP contribution in [0.1, 0.15) is 20.3 Å². The van der Waals surface area contributed by atoms with Crippen molar-refractivity contribution in [3.8, 4) is 0 Å². The third kappa shape index (κ3) is 24.5. The fraction of sp³-hybridized carbons (Fsp3) is 1.00. The molecule has 13 heavy (non-hydrogen) atoms. The Morgan fingerprint density at radius 2 is 1.77 bits per heavy atom. The Hall–Kier alpha value is -0.170. The van der Waals surface area contributed by atoms with Crippen molar-refractivity contribution in [1.29, 1.82) is 0 Å². The van der Waals surface area contributed by atoms with Crippen molar-refractivity contribution in [2.24, 2.45) is 0 Å². The van der Waals surface area contributed by atoms with Crippen LogP contribution in [0, 0.1) is 0 Å². The fourth-order valence-electron chi connectivity index (χ4n) is 0.644. The molecule has 1 N–H and O–H groups in total. The topological polar surface area (TPSA) is 70.9 Å². The first-order valence-corrected chi connectivity index (χ1v) is 5.56. The molecule has 0 amide bonds. The second-order valence-electron chi connectivity index (χ2n) is 2.77. The molecule has 0 fully saturated rings. The first-order valence-electron chi connectivity index (χ1n) is 4.22. The van der Waals surface area contributed by atoms with E-state index in [9.17, 15) is 13.0 Å². The normalized spacial score (nSPS) is 10.9. The van der Waals surface area contributed by atoms with Gasteiger partial charge in [0.2, 0.25) is 10.4 Å². The fourth-order valence-corrected chi connectivity index (χ4v) is 0.933. The van der Waals surface area contributed by atoms with Gasteiger partial charge in [-0.15, -0.1) is 0 Å². The zero-order valence-electron chi connectivity index (χ0n) is 8.66. The van der Waals surface area contributed by atoms with Gasteiger partial charge in [-0.25, -0.2) is 8.42 Å². The zero-order valence-corrected chi connectivity index (χ0v) is 9.48. The van der Waals surface area contributed by atoms with Crippen LogP contribution in [-0.2, 0) is 14.6 Å². The minimum atomic E-state index is -4.42. The molecule has 0 atom stereocenters. The lowest BCUT2D eigenvalue weighted by atomic mass is 10.5. The SMILES string of the molecule is CCC[NH+](C)C.CCOS(=O)(=O)[O-]. The van der Waals surface area contributed by atoms with Crippen LogP contribution in [0.4, 0.5) is 0 Å². The molecule has 5 nitrogen and oxygen atoms in total. The van der Waals surface area contributed by atoms with E-state index in [-0.39, 0.29) is 6.61 Å². The Kier molecular flexibility index (Phi) is 9.93. The van der Waals surface area contributed by atoms with E-state index in [0.29, 0.717) is 0 Å². The van der Waals surface area contributed by atoms with E-state index in [0.717, 1.165) is 0 Å². The van der Waals surface area contributed by atoms with Gasteiger partial charge in [-0.05, 0) is 13.3 Å². The van der Waals surface area contributed by atoms with E-state index in [2.05, 4.69) is 25.2 Å². The smallest absolute Gasteiger partial charge is 0.217 e. The average Bonchev–Trinajstić information content (AvgIpc) is 1.84. The van der Waals surface area contributed by atoms with E-state index < -0.39 is 10.4 Å². The largest absolute Gasteiger partial charge is 0.726 e. The van der Waals surface area contributed by atoms with E-state index >= 15 is 0 Å². The molecular weight excluding hydrogens is 194 g/mol. The summed E-state index contributed by atoms with van der Waals surface area (Å²) in [5.74, 6) is 0. The molecule has 0 radical (unpaired) electrons. The molecule has 0 aromatic heterocycles. The summed E-state index contributed by atoms with van der Waals surface area (Å²) in [5, 5.41) is 0. The number of quaternary nitrogens is 1. The van der Waals surface area contributed by atoms with Crippen LogP contribution in [0.15, 0.2) is 0 Å². The maximum atomic E-state index is 9.45. The maximum absolute atomic E-state index is 9.45. The van der Waals surface area contributed by atoms with Gasteiger partial charge in [0.15, 0.2) is 0 Å². The summed E-state index contributed by atoms with van der Waals surface area (Å²) in [5.41, 5.74) is 0. The molecule has 0 bridgehead atoms. The zero-order chi connectivity index (χ0) is 10.9. The van der Waals surface area contributed by atoms with Crippen molar-refractivity contribution in [1.82, 2.24) is 0 Å². The molecule has 0 aliphatic rings. The van der Waals surface area contributed by atoms with Crippen molar-refractivity contribution in [2.75, 3.05) is 27.2 Å². The summed E-state index contributed by atoms with van der Waals surface area (Å²) < 4.78 is 32.0. The molecule has 0 unspecified atom stereocenters. The lowest BCUT2D eigenvalue weighted by molar-refractivity contribution is -0.858. The molecule has 82 valence electrons. The summed E-state index contributed by atoms with van der Waals surface area (Å²) in [6, 6.07) is 0. The van der Waals surface area contributed by atoms with Gasteiger partial charge in [0.25, 0.3) is 0 Å².